The minimum atomic E-state index is -4.43. The highest BCUT2D eigenvalue weighted by atomic mass is 19.4. The molecule has 0 bridgehead atoms. The molecule has 3 rings (SSSR count). The number of rotatable bonds is 4. The molecule has 2 fully saturated rings. The lowest BCUT2D eigenvalue weighted by Gasteiger charge is -2.38. The summed E-state index contributed by atoms with van der Waals surface area (Å²) in [6.45, 7) is 8.79. The molecule has 2 aliphatic rings. The highest BCUT2D eigenvalue weighted by Gasteiger charge is 2.49. The van der Waals surface area contributed by atoms with E-state index in [4.69, 9.17) is 4.74 Å². The maximum atomic E-state index is 13.2. The van der Waals surface area contributed by atoms with Crippen LogP contribution in [-0.4, -0.2) is 48.6 Å². The predicted molar refractivity (Wildman–Crippen MR) is 112 cm³/mol. The van der Waals surface area contributed by atoms with E-state index in [1.165, 1.54) is 12.1 Å². The SMILES string of the molecule is CC(Oc1ccc(N2CCC3(CCN(C(=O)CC(C)(C)C)CC3)C2=O)cc1)C(F)(F)F. The van der Waals surface area contributed by atoms with Crippen molar-refractivity contribution in [1.29, 1.82) is 0 Å². The Bertz CT molecular complexity index is 807. The quantitative estimate of drug-likeness (QED) is 0.676. The topological polar surface area (TPSA) is 49.9 Å². The molecule has 0 radical (unpaired) electrons. The van der Waals surface area contributed by atoms with Crippen molar-refractivity contribution in [2.75, 3.05) is 24.5 Å². The van der Waals surface area contributed by atoms with Crippen LogP contribution in [0, 0.1) is 10.8 Å². The van der Waals surface area contributed by atoms with Crippen molar-refractivity contribution in [3.05, 3.63) is 24.3 Å². The van der Waals surface area contributed by atoms with Gasteiger partial charge in [-0.25, -0.2) is 0 Å². The number of likely N-dealkylation sites (tertiary alicyclic amines) is 1. The number of benzene rings is 1. The number of hydrogen-bond acceptors (Lipinski definition) is 3. The van der Waals surface area contributed by atoms with Gasteiger partial charge in [-0.1, -0.05) is 20.8 Å². The lowest BCUT2D eigenvalue weighted by atomic mass is 9.77. The van der Waals surface area contributed by atoms with Gasteiger partial charge in [0.05, 0.1) is 5.41 Å². The number of halogens is 3. The van der Waals surface area contributed by atoms with Gasteiger partial charge in [0, 0.05) is 31.7 Å². The maximum absolute atomic E-state index is 13.2. The van der Waals surface area contributed by atoms with Crippen LogP contribution in [0.1, 0.15) is 53.4 Å². The van der Waals surface area contributed by atoms with E-state index in [0.29, 0.717) is 44.6 Å². The minimum Gasteiger partial charge on any atom is -0.481 e. The van der Waals surface area contributed by atoms with Gasteiger partial charge in [-0.2, -0.15) is 13.2 Å². The Morgan fingerprint density at radius 1 is 1.06 bits per heavy atom. The van der Waals surface area contributed by atoms with Crippen molar-refractivity contribution in [3.8, 4) is 5.75 Å². The van der Waals surface area contributed by atoms with E-state index in [0.717, 1.165) is 13.3 Å². The first kappa shape index (κ1) is 23.4. The summed E-state index contributed by atoms with van der Waals surface area (Å²) in [6, 6.07) is 6.17. The molecule has 2 saturated heterocycles. The van der Waals surface area contributed by atoms with Gasteiger partial charge >= 0.3 is 6.18 Å². The molecule has 2 heterocycles. The largest absolute Gasteiger partial charge is 0.481 e. The molecule has 0 saturated carbocycles. The van der Waals surface area contributed by atoms with Crippen molar-refractivity contribution in [2.24, 2.45) is 10.8 Å². The first-order valence-corrected chi connectivity index (χ1v) is 10.7. The fraction of sp³-hybridized carbons (Fsp3) is 0.652. The Morgan fingerprint density at radius 3 is 2.13 bits per heavy atom. The van der Waals surface area contributed by atoms with E-state index in [-0.39, 0.29) is 23.0 Å². The first-order chi connectivity index (χ1) is 14.3. The fourth-order valence-electron chi connectivity index (χ4n) is 4.26. The molecule has 1 spiro atoms. The molecule has 2 amide bonds. The van der Waals surface area contributed by atoms with Crippen LogP contribution in [0.3, 0.4) is 0 Å². The highest BCUT2D eigenvalue weighted by Crippen LogP contribution is 2.43. The summed E-state index contributed by atoms with van der Waals surface area (Å²) in [5, 5.41) is 0. The molecule has 0 aromatic heterocycles. The van der Waals surface area contributed by atoms with Gasteiger partial charge in [-0.15, -0.1) is 0 Å². The van der Waals surface area contributed by atoms with Gasteiger partial charge in [-0.3, -0.25) is 9.59 Å². The van der Waals surface area contributed by atoms with Crippen molar-refractivity contribution >= 4 is 17.5 Å². The number of carbonyl (C=O) groups excluding carboxylic acids is 2. The molecule has 1 aromatic rings. The fourth-order valence-corrected chi connectivity index (χ4v) is 4.26. The number of alkyl halides is 3. The monoisotopic (exact) mass is 440 g/mol. The summed E-state index contributed by atoms with van der Waals surface area (Å²) in [5.41, 5.74) is 0.124. The van der Waals surface area contributed by atoms with Crippen LogP contribution in [0.25, 0.3) is 0 Å². The summed E-state index contributed by atoms with van der Waals surface area (Å²) in [6.07, 6.45) is -3.84. The van der Waals surface area contributed by atoms with Gasteiger partial charge in [-0.05, 0) is 55.9 Å². The number of ether oxygens (including phenoxy) is 1. The second-order valence-electron chi connectivity index (χ2n) is 9.90. The van der Waals surface area contributed by atoms with E-state index >= 15 is 0 Å². The van der Waals surface area contributed by atoms with E-state index in [1.807, 2.05) is 25.7 Å². The van der Waals surface area contributed by atoms with Crippen LogP contribution in [-0.2, 0) is 9.59 Å². The van der Waals surface area contributed by atoms with Gasteiger partial charge in [0.25, 0.3) is 0 Å². The van der Waals surface area contributed by atoms with E-state index in [9.17, 15) is 22.8 Å². The summed E-state index contributed by atoms with van der Waals surface area (Å²) in [7, 11) is 0. The number of anilines is 1. The zero-order chi connectivity index (χ0) is 23.0. The van der Waals surface area contributed by atoms with E-state index < -0.39 is 17.7 Å². The number of piperidine rings is 1. The van der Waals surface area contributed by atoms with Crippen molar-refractivity contribution in [2.45, 2.75) is 65.7 Å². The Kier molecular flexibility index (Phi) is 6.31. The van der Waals surface area contributed by atoms with Crippen LogP contribution in [0.4, 0.5) is 18.9 Å². The number of amides is 2. The Hall–Kier alpha value is -2.25. The standard InChI is InChI=1S/C23H31F3N2O3/c1-16(23(24,25)26)31-18-7-5-17(6-8-18)28-14-11-22(20(28)30)9-12-27(13-10-22)19(29)15-21(2,3)4/h5-8,16H,9-15H2,1-4H3. The summed E-state index contributed by atoms with van der Waals surface area (Å²) >= 11 is 0. The average Bonchev–Trinajstić information content (AvgIpc) is 2.97. The molecular weight excluding hydrogens is 409 g/mol. The summed E-state index contributed by atoms with van der Waals surface area (Å²) in [5.74, 6) is 0.279. The second-order valence-corrected chi connectivity index (χ2v) is 9.90. The molecule has 5 nitrogen and oxygen atoms in total. The van der Waals surface area contributed by atoms with Crippen LogP contribution in [0.2, 0.25) is 0 Å². The third kappa shape index (κ3) is 5.33. The van der Waals surface area contributed by atoms with Crippen LogP contribution in [0.15, 0.2) is 24.3 Å². The normalized spacial score (nSPS) is 20.3. The first-order valence-electron chi connectivity index (χ1n) is 10.7. The van der Waals surface area contributed by atoms with Gasteiger partial charge in [0.1, 0.15) is 5.75 Å². The lowest BCUT2D eigenvalue weighted by Crippen LogP contribution is -2.47. The summed E-state index contributed by atoms with van der Waals surface area (Å²) in [4.78, 5) is 29.3. The lowest BCUT2D eigenvalue weighted by molar-refractivity contribution is -0.189. The van der Waals surface area contributed by atoms with Crippen molar-refractivity contribution in [1.82, 2.24) is 4.90 Å². The molecule has 1 atom stereocenters. The smallest absolute Gasteiger partial charge is 0.425 e. The van der Waals surface area contributed by atoms with Crippen molar-refractivity contribution in [3.63, 3.8) is 0 Å². The van der Waals surface area contributed by atoms with Crippen LogP contribution in [0.5, 0.6) is 5.75 Å². The molecule has 1 aromatic carbocycles. The molecule has 31 heavy (non-hydrogen) atoms. The van der Waals surface area contributed by atoms with Gasteiger partial charge in [0.2, 0.25) is 11.8 Å². The molecule has 1 unspecified atom stereocenters. The van der Waals surface area contributed by atoms with Gasteiger partial charge < -0.3 is 14.5 Å². The molecule has 172 valence electrons. The van der Waals surface area contributed by atoms with Crippen LogP contribution < -0.4 is 9.64 Å². The Labute approximate surface area is 181 Å². The van der Waals surface area contributed by atoms with Crippen LogP contribution >= 0.6 is 0 Å². The van der Waals surface area contributed by atoms with Gasteiger partial charge in [0.15, 0.2) is 6.10 Å². The highest BCUT2D eigenvalue weighted by molar-refractivity contribution is 6.00. The maximum Gasteiger partial charge on any atom is 0.425 e. The second kappa shape index (κ2) is 8.36. The molecular formula is C23H31F3N2O3. The molecule has 0 N–H and O–H groups in total. The average molecular weight is 441 g/mol. The number of hydrogen-bond donors (Lipinski definition) is 0. The molecule has 8 heteroatoms. The third-order valence-electron chi connectivity index (χ3n) is 6.19. The molecule has 2 aliphatic heterocycles. The number of nitrogens with zero attached hydrogens (tertiary/aromatic N) is 2. The summed E-state index contributed by atoms with van der Waals surface area (Å²) < 4.78 is 42.9. The minimum absolute atomic E-state index is 0.0350. The zero-order valence-electron chi connectivity index (χ0n) is 18.6. The Balaban J connectivity index is 1.61. The Morgan fingerprint density at radius 2 is 1.61 bits per heavy atom. The zero-order valence-corrected chi connectivity index (χ0v) is 18.6. The third-order valence-corrected chi connectivity index (χ3v) is 6.19. The molecule has 0 aliphatic carbocycles. The predicted octanol–water partition coefficient (Wildman–Crippen LogP) is 4.80. The number of carbonyl (C=O) groups is 2. The van der Waals surface area contributed by atoms with Crippen molar-refractivity contribution < 1.29 is 27.5 Å². The van der Waals surface area contributed by atoms with E-state index in [1.54, 1.807) is 17.0 Å². The van der Waals surface area contributed by atoms with E-state index in [2.05, 4.69) is 0 Å².